The summed E-state index contributed by atoms with van der Waals surface area (Å²) in [7, 11) is 1.97. The second kappa shape index (κ2) is 7.62. The maximum Gasteiger partial charge on any atom is 0.0541 e. The third kappa shape index (κ3) is 4.49. The van der Waals surface area contributed by atoms with Gasteiger partial charge in [0.15, 0.2) is 0 Å². The van der Waals surface area contributed by atoms with E-state index < -0.39 is 0 Å². The lowest BCUT2D eigenvalue weighted by atomic mass is 10.2. The Morgan fingerprint density at radius 2 is 2.25 bits per heavy atom. The maximum absolute atomic E-state index is 6.08. The van der Waals surface area contributed by atoms with Crippen molar-refractivity contribution in [1.82, 2.24) is 5.32 Å². The van der Waals surface area contributed by atoms with Crippen molar-refractivity contribution in [3.05, 3.63) is 29.3 Å². The van der Waals surface area contributed by atoms with Gasteiger partial charge in [-0.2, -0.15) is 0 Å². The Morgan fingerprint density at radius 3 is 2.88 bits per heavy atom. The van der Waals surface area contributed by atoms with Crippen LogP contribution in [0.1, 0.15) is 12.8 Å². The average molecular weight is 254 g/mol. The first-order valence-electron chi connectivity index (χ1n) is 5.26. The van der Waals surface area contributed by atoms with Crippen molar-refractivity contribution in [2.75, 3.05) is 12.8 Å². The van der Waals surface area contributed by atoms with Crippen molar-refractivity contribution < 1.29 is 0 Å². The summed E-state index contributed by atoms with van der Waals surface area (Å²) in [5, 5.41) is 4.09. The highest BCUT2D eigenvalue weighted by Gasteiger charge is 2.07. The van der Waals surface area contributed by atoms with Crippen LogP contribution in [0.2, 0.25) is 5.02 Å². The van der Waals surface area contributed by atoms with Gasteiger partial charge in [-0.1, -0.05) is 23.7 Å². The van der Waals surface area contributed by atoms with Gasteiger partial charge in [0, 0.05) is 23.1 Å². The van der Waals surface area contributed by atoms with Gasteiger partial charge in [-0.05, 0) is 25.6 Å². The van der Waals surface area contributed by atoms with E-state index in [1.807, 2.05) is 31.3 Å². The van der Waals surface area contributed by atoms with E-state index in [9.17, 15) is 0 Å². The van der Waals surface area contributed by atoms with Gasteiger partial charge in [-0.3, -0.25) is 0 Å². The molecule has 0 aromatic heterocycles. The second-order valence-corrected chi connectivity index (χ2v) is 4.94. The number of nitrogens with one attached hydrogen (secondary N) is 1. The number of benzene rings is 1. The van der Waals surface area contributed by atoms with Gasteiger partial charge in [0.1, 0.15) is 0 Å². The molecule has 0 amide bonds. The van der Waals surface area contributed by atoms with Crippen LogP contribution < -0.4 is 5.32 Å². The lowest BCUT2D eigenvalue weighted by Crippen LogP contribution is -2.27. The molecule has 0 aliphatic heterocycles. The molecule has 1 rings (SSSR count). The van der Waals surface area contributed by atoms with Crippen molar-refractivity contribution >= 4 is 23.4 Å². The van der Waals surface area contributed by atoms with Crippen molar-refractivity contribution in [2.24, 2.45) is 0 Å². The van der Waals surface area contributed by atoms with E-state index in [-0.39, 0.29) is 0 Å². The molecule has 0 saturated carbocycles. The number of hydrogen-bond acceptors (Lipinski definition) is 2. The Bertz CT molecular complexity index is 359. The molecule has 1 atom stereocenters. The molecule has 0 spiro atoms. The number of thioether (sulfide) groups is 1. The Balaban J connectivity index is 2.44. The first kappa shape index (κ1) is 13.4. The SMILES string of the molecule is C#CCCC(CSc1ccccc1Cl)NC. The molecule has 1 aromatic carbocycles. The normalized spacial score (nSPS) is 12.1. The Morgan fingerprint density at radius 1 is 1.50 bits per heavy atom. The molecule has 3 heteroatoms. The van der Waals surface area contributed by atoms with Gasteiger partial charge in [0.05, 0.1) is 5.02 Å². The fraction of sp³-hybridized carbons (Fsp3) is 0.385. The molecule has 86 valence electrons. The lowest BCUT2D eigenvalue weighted by molar-refractivity contribution is 0.582. The van der Waals surface area contributed by atoms with E-state index in [1.54, 1.807) is 11.8 Å². The summed E-state index contributed by atoms with van der Waals surface area (Å²) in [5.41, 5.74) is 0. The third-order valence-corrected chi connectivity index (χ3v) is 4.00. The third-order valence-electron chi connectivity index (χ3n) is 2.32. The maximum atomic E-state index is 6.08. The van der Waals surface area contributed by atoms with Crippen LogP contribution in [0.3, 0.4) is 0 Å². The molecule has 16 heavy (non-hydrogen) atoms. The van der Waals surface area contributed by atoms with Crippen molar-refractivity contribution in [1.29, 1.82) is 0 Å². The summed E-state index contributed by atoms with van der Waals surface area (Å²) in [6.45, 7) is 0. The summed E-state index contributed by atoms with van der Waals surface area (Å²) in [6, 6.07) is 8.35. The molecule has 0 bridgehead atoms. The summed E-state index contributed by atoms with van der Waals surface area (Å²) in [4.78, 5) is 1.13. The van der Waals surface area contributed by atoms with E-state index in [4.69, 9.17) is 18.0 Å². The van der Waals surface area contributed by atoms with Crippen LogP contribution in [0.15, 0.2) is 29.2 Å². The number of halogens is 1. The monoisotopic (exact) mass is 253 g/mol. The molecule has 0 saturated heterocycles. The molecular formula is C13H16ClNS. The minimum Gasteiger partial charge on any atom is -0.316 e. The molecule has 1 N–H and O–H groups in total. The Kier molecular flexibility index (Phi) is 6.40. The van der Waals surface area contributed by atoms with Crippen molar-refractivity contribution in [3.63, 3.8) is 0 Å². The smallest absolute Gasteiger partial charge is 0.0541 e. The first-order chi connectivity index (χ1) is 7.77. The summed E-state index contributed by atoms with van der Waals surface area (Å²) < 4.78 is 0. The highest BCUT2D eigenvalue weighted by atomic mass is 35.5. The van der Waals surface area contributed by atoms with Crippen LogP contribution in [0.4, 0.5) is 0 Å². The molecule has 0 fully saturated rings. The minimum absolute atomic E-state index is 0.442. The Labute approximate surface area is 107 Å². The molecule has 0 radical (unpaired) electrons. The van der Waals surface area contributed by atoms with Crippen LogP contribution in [0, 0.1) is 12.3 Å². The van der Waals surface area contributed by atoms with E-state index in [1.165, 1.54) is 0 Å². The molecule has 1 aromatic rings. The van der Waals surface area contributed by atoms with Crippen LogP contribution in [0.5, 0.6) is 0 Å². The zero-order valence-corrected chi connectivity index (χ0v) is 10.9. The standard InChI is InChI=1S/C13H16ClNS/c1-3-4-7-11(15-2)10-16-13-9-6-5-8-12(13)14/h1,5-6,8-9,11,15H,4,7,10H2,2H3. The van der Waals surface area contributed by atoms with Crippen molar-refractivity contribution in [3.8, 4) is 12.3 Å². The summed E-state index contributed by atoms with van der Waals surface area (Å²) in [6.07, 6.45) is 7.08. The van der Waals surface area contributed by atoms with Crippen molar-refractivity contribution in [2.45, 2.75) is 23.8 Å². The second-order valence-electron chi connectivity index (χ2n) is 3.47. The zero-order valence-electron chi connectivity index (χ0n) is 9.37. The first-order valence-corrected chi connectivity index (χ1v) is 6.62. The number of hydrogen-bond donors (Lipinski definition) is 1. The average Bonchev–Trinajstić information content (AvgIpc) is 2.31. The van der Waals surface area contributed by atoms with E-state index >= 15 is 0 Å². The molecule has 0 aliphatic rings. The quantitative estimate of drug-likeness (QED) is 0.616. The van der Waals surface area contributed by atoms with Gasteiger partial charge >= 0.3 is 0 Å². The van der Waals surface area contributed by atoms with Crippen LogP contribution in [-0.2, 0) is 0 Å². The van der Waals surface area contributed by atoms with E-state index in [2.05, 4.69) is 11.2 Å². The highest BCUT2D eigenvalue weighted by molar-refractivity contribution is 7.99. The predicted molar refractivity (Wildman–Crippen MR) is 73.1 cm³/mol. The largest absolute Gasteiger partial charge is 0.316 e. The zero-order chi connectivity index (χ0) is 11.8. The molecule has 0 aliphatic carbocycles. The lowest BCUT2D eigenvalue weighted by Gasteiger charge is -2.14. The topological polar surface area (TPSA) is 12.0 Å². The van der Waals surface area contributed by atoms with Gasteiger partial charge in [-0.15, -0.1) is 24.1 Å². The minimum atomic E-state index is 0.442. The molecule has 1 nitrogen and oxygen atoms in total. The number of rotatable bonds is 6. The van der Waals surface area contributed by atoms with Crippen LogP contribution >= 0.6 is 23.4 Å². The number of terminal acetylenes is 1. The fourth-order valence-corrected chi connectivity index (χ4v) is 2.71. The summed E-state index contributed by atoms with van der Waals surface area (Å²) >= 11 is 7.85. The van der Waals surface area contributed by atoms with Gasteiger partial charge in [0.25, 0.3) is 0 Å². The van der Waals surface area contributed by atoms with E-state index in [0.717, 1.165) is 28.5 Å². The van der Waals surface area contributed by atoms with Gasteiger partial charge < -0.3 is 5.32 Å². The van der Waals surface area contributed by atoms with E-state index in [0.29, 0.717) is 6.04 Å². The van der Waals surface area contributed by atoms with Gasteiger partial charge in [-0.25, -0.2) is 0 Å². The summed E-state index contributed by atoms with van der Waals surface area (Å²) in [5.74, 6) is 3.65. The Hall–Kier alpha value is -0.620. The van der Waals surface area contributed by atoms with Crippen LogP contribution in [0.25, 0.3) is 0 Å². The van der Waals surface area contributed by atoms with Gasteiger partial charge in [0.2, 0.25) is 0 Å². The fourth-order valence-electron chi connectivity index (χ4n) is 1.32. The predicted octanol–water partition coefficient (Wildman–Crippen LogP) is 3.43. The van der Waals surface area contributed by atoms with Crippen LogP contribution in [-0.4, -0.2) is 18.8 Å². The molecule has 1 unspecified atom stereocenters. The highest BCUT2D eigenvalue weighted by Crippen LogP contribution is 2.27. The molecule has 0 heterocycles. The molecular weight excluding hydrogens is 238 g/mol.